The number of carboxylic acids is 1. The Bertz CT molecular complexity index is 433. The van der Waals surface area contributed by atoms with Crippen LogP contribution in [0.1, 0.15) is 32.1 Å². The van der Waals surface area contributed by atoms with Gasteiger partial charge in [0.25, 0.3) is 0 Å². The van der Waals surface area contributed by atoms with Gasteiger partial charge in [0.05, 0.1) is 6.42 Å². The molecule has 0 bridgehead atoms. The van der Waals surface area contributed by atoms with E-state index < -0.39 is 5.97 Å². The summed E-state index contributed by atoms with van der Waals surface area (Å²) in [6, 6.07) is -0.280. The maximum Gasteiger partial charge on any atom is 0.320 e. The van der Waals surface area contributed by atoms with Crippen LogP contribution < -0.4 is 0 Å². The second kappa shape index (κ2) is 6.33. The lowest BCUT2D eigenvalue weighted by Gasteiger charge is -2.38. The van der Waals surface area contributed by atoms with Gasteiger partial charge in [0.2, 0.25) is 0 Å². The minimum absolute atomic E-state index is 0.0313. The highest BCUT2D eigenvalue weighted by Crippen LogP contribution is 2.51. The molecule has 21 heavy (non-hydrogen) atoms. The Morgan fingerprint density at radius 2 is 1.90 bits per heavy atom. The van der Waals surface area contributed by atoms with E-state index in [0.717, 1.165) is 19.3 Å². The van der Waals surface area contributed by atoms with Crippen molar-refractivity contribution in [3.05, 3.63) is 25.3 Å². The molecule has 2 aliphatic rings. The van der Waals surface area contributed by atoms with Gasteiger partial charge in [-0.3, -0.25) is 4.79 Å². The zero-order chi connectivity index (χ0) is 15.5. The SMILES string of the molecule is C=CCN(CC=C)C(=O)N1CC2(CCC2)CC1CC(=O)O. The van der Waals surface area contributed by atoms with Gasteiger partial charge in [-0.1, -0.05) is 18.6 Å². The number of rotatable bonds is 6. The number of carbonyl (C=O) groups is 2. The second-order valence-corrected chi connectivity index (χ2v) is 6.20. The molecule has 2 rings (SSSR count). The minimum Gasteiger partial charge on any atom is -0.481 e. The first-order chi connectivity index (χ1) is 10.0. The third kappa shape index (κ3) is 3.28. The van der Waals surface area contributed by atoms with Crippen molar-refractivity contribution in [1.29, 1.82) is 0 Å². The molecule has 0 aromatic heterocycles. The zero-order valence-electron chi connectivity index (χ0n) is 12.5. The summed E-state index contributed by atoms with van der Waals surface area (Å²) in [5.41, 5.74) is 0.170. The van der Waals surface area contributed by atoms with Gasteiger partial charge in [-0.2, -0.15) is 0 Å². The maximum atomic E-state index is 12.7. The topological polar surface area (TPSA) is 60.9 Å². The van der Waals surface area contributed by atoms with Crippen molar-refractivity contribution in [3.8, 4) is 0 Å². The lowest BCUT2D eigenvalue weighted by Crippen LogP contribution is -2.47. The van der Waals surface area contributed by atoms with Crippen molar-refractivity contribution < 1.29 is 14.7 Å². The van der Waals surface area contributed by atoms with Crippen LogP contribution in [0.15, 0.2) is 25.3 Å². The molecule has 5 nitrogen and oxygen atoms in total. The molecule has 1 atom stereocenters. The highest BCUT2D eigenvalue weighted by Gasteiger charge is 2.50. The van der Waals surface area contributed by atoms with Crippen molar-refractivity contribution >= 4 is 12.0 Å². The Kier molecular flexibility index (Phi) is 4.70. The lowest BCUT2D eigenvalue weighted by molar-refractivity contribution is -0.138. The van der Waals surface area contributed by atoms with E-state index >= 15 is 0 Å². The summed E-state index contributed by atoms with van der Waals surface area (Å²) in [6.07, 6.45) is 7.62. The third-order valence-corrected chi connectivity index (χ3v) is 4.65. The van der Waals surface area contributed by atoms with E-state index in [4.69, 9.17) is 5.11 Å². The van der Waals surface area contributed by atoms with Crippen molar-refractivity contribution in [2.45, 2.75) is 38.1 Å². The lowest BCUT2D eigenvalue weighted by atomic mass is 9.67. The molecule has 0 aromatic rings. The van der Waals surface area contributed by atoms with E-state index in [0.29, 0.717) is 19.6 Å². The molecule has 1 unspecified atom stereocenters. The van der Waals surface area contributed by atoms with Crippen LogP contribution in [0, 0.1) is 5.41 Å². The molecule has 1 heterocycles. The number of amides is 2. The number of likely N-dealkylation sites (tertiary alicyclic amines) is 1. The highest BCUT2D eigenvalue weighted by molar-refractivity contribution is 5.77. The van der Waals surface area contributed by atoms with Crippen LogP contribution in [0.4, 0.5) is 4.79 Å². The van der Waals surface area contributed by atoms with Gasteiger partial charge in [-0.05, 0) is 24.7 Å². The molecule has 2 fully saturated rings. The number of hydrogen-bond acceptors (Lipinski definition) is 2. The molecule has 0 aromatic carbocycles. The van der Waals surface area contributed by atoms with Crippen molar-refractivity contribution in [3.63, 3.8) is 0 Å². The fourth-order valence-corrected chi connectivity index (χ4v) is 3.54. The Balaban J connectivity index is 2.12. The normalized spacial score (nSPS) is 22.7. The molecular weight excluding hydrogens is 268 g/mol. The van der Waals surface area contributed by atoms with E-state index in [9.17, 15) is 9.59 Å². The Morgan fingerprint density at radius 3 is 2.33 bits per heavy atom. The summed E-state index contributed by atoms with van der Waals surface area (Å²) in [6.45, 7) is 8.94. The number of carbonyl (C=O) groups excluding carboxylic acids is 1. The minimum atomic E-state index is -0.840. The average molecular weight is 292 g/mol. The van der Waals surface area contributed by atoms with Crippen LogP contribution in [0.25, 0.3) is 0 Å². The molecule has 1 spiro atoms. The van der Waals surface area contributed by atoms with Crippen LogP contribution in [0.2, 0.25) is 0 Å². The van der Waals surface area contributed by atoms with E-state index in [2.05, 4.69) is 13.2 Å². The van der Waals surface area contributed by atoms with Crippen LogP contribution >= 0.6 is 0 Å². The summed E-state index contributed by atoms with van der Waals surface area (Å²) < 4.78 is 0. The quantitative estimate of drug-likeness (QED) is 0.765. The number of urea groups is 1. The molecule has 2 amide bonds. The molecule has 116 valence electrons. The standard InChI is InChI=1S/C16H24N2O3/c1-3-8-17(9-4-2)15(21)18-12-16(6-5-7-16)11-13(18)10-14(19)20/h3-4,13H,1-2,5-12H2,(H,19,20). The predicted molar refractivity (Wildman–Crippen MR) is 81.0 cm³/mol. The number of hydrogen-bond donors (Lipinski definition) is 1. The molecule has 1 saturated carbocycles. The van der Waals surface area contributed by atoms with Crippen molar-refractivity contribution in [1.82, 2.24) is 9.80 Å². The summed E-state index contributed by atoms with van der Waals surface area (Å²) in [5.74, 6) is -0.840. The Hall–Kier alpha value is -1.78. The largest absolute Gasteiger partial charge is 0.481 e. The van der Waals surface area contributed by atoms with E-state index in [1.54, 1.807) is 22.0 Å². The third-order valence-electron chi connectivity index (χ3n) is 4.65. The van der Waals surface area contributed by atoms with Crippen molar-refractivity contribution in [2.75, 3.05) is 19.6 Å². The van der Waals surface area contributed by atoms with Crippen LogP contribution in [0.3, 0.4) is 0 Å². The number of aliphatic carboxylic acids is 1. The summed E-state index contributed by atoms with van der Waals surface area (Å²) in [7, 11) is 0. The van der Waals surface area contributed by atoms with Crippen molar-refractivity contribution in [2.24, 2.45) is 5.41 Å². The van der Waals surface area contributed by atoms with E-state index in [1.807, 2.05) is 0 Å². The maximum absolute atomic E-state index is 12.7. The van der Waals surface area contributed by atoms with Gasteiger partial charge in [0.1, 0.15) is 0 Å². The number of carboxylic acid groups (broad SMARTS) is 1. The van der Waals surface area contributed by atoms with Gasteiger partial charge < -0.3 is 14.9 Å². The van der Waals surface area contributed by atoms with Gasteiger partial charge in [-0.15, -0.1) is 13.2 Å². The van der Waals surface area contributed by atoms with Gasteiger partial charge in [0, 0.05) is 25.7 Å². The molecule has 1 saturated heterocycles. The first-order valence-corrected chi connectivity index (χ1v) is 7.50. The number of nitrogens with zero attached hydrogens (tertiary/aromatic N) is 2. The summed E-state index contributed by atoms with van der Waals surface area (Å²) in [5, 5.41) is 9.10. The summed E-state index contributed by atoms with van der Waals surface area (Å²) >= 11 is 0. The average Bonchev–Trinajstić information content (AvgIpc) is 2.76. The fraction of sp³-hybridized carbons (Fsp3) is 0.625. The van der Waals surface area contributed by atoms with E-state index in [-0.39, 0.29) is 23.9 Å². The molecule has 0 radical (unpaired) electrons. The molecule has 1 N–H and O–H groups in total. The molecular formula is C16H24N2O3. The molecule has 5 heteroatoms. The zero-order valence-corrected chi connectivity index (χ0v) is 12.5. The smallest absolute Gasteiger partial charge is 0.320 e. The monoisotopic (exact) mass is 292 g/mol. The van der Waals surface area contributed by atoms with Gasteiger partial charge in [0.15, 0.2) is 0 Å². The second-order valence-electron chi connectivity index (χ2n) is 6.20. The van der Waals surface area contributed by atoms with Gasteiger partial charge >= 0.3 is 12.0 Å². The Morgan fingerprint density at radius 1 is 1.29 bits per heavy atom. The first kappa shape index (κ1) is 15.6. The highest BCUT2D eigenvalue weighted by atomic mass is 16.4. The fourth-order valence-electron chi connectivity index (χ4n) is 3.54. The van der Waals surface area contributed by atoms with Crippen LogP contribution in [-0.4, -0.2) is 52.6 Å². The summed E-state index contributed by atoms with van der Waals surface area (Å²) in [4.78, 5) is 27.2. The van der Waals surface area contributed by atoms with E-state index in [1.165, 1.54) is 6.42 Å². The first-order valence-electron chi connectivity index (χ1n) is 7.50. The Labute approximate surface area is 125 Å². The molecule has 1 aliphatic heterocycles. The van der Waals surface area contributed by atoms with Crippen LogP contribution in [-0.2, 0) is 4.79 Å². The van der Waals surface area contributed by atoms with Gasteiger partial charge in [-0.25, -0.2) is 4.79 Å². The molecule has 1 aliphatic carbocycles. The predicted octanol–water partition coefficient (Wildman–Crippen LogP) is 2.50. The van der Waals surface area contributed by atoms with Crippen LogP contribution in [0.5, 0.6) is 0 Å².